The maximum Gasteiger partial charge on any atom is 0.227 e. The van der Waals surface area contributed by atoms with Crippen LogP contribution in [-0.2, 0) is 9.53 Å². The van der Waals surface area contributed by atoms with Crippen LogP contribution in [0.2, 0.25) is 0 Å². The number of carbonyl (C=O) groups is 1. The number of hydrogen-bond acceptors (Lipinski definition) is 5. The summed E-state index contributed by atoms with van der Waals surface area (Å²) in [5, 5.41) is 8.73. The van der Waals surface area contributed by atoms with Gasteiger partial charge in [0.25, 0.3) is 0 Å². The summed E-state index contributed by atoms with van der Waals surface area (Å²) in [6.07, 6.45) is 0.402. The average molecular weight is 317 g/mol. The van der Waals surface area contributed by atoms with E-state index in [1.165, 1.54) is 16.9 Å². The highest BCUT2D eigenvalue weighted by molar-refractivity contribution is 7.14. The number of rotatable bonds is 4. The second-order valence-corrected chi connectivity index (χ2v) is 6.24. The van der Waals surface area contributed by atoms with E-state index < -0.39 is 0 Å². The van der Waals surface area contributed by atoms with Crippen LogP contribution >= 0.6 is 11.3 Å². The summed E-state index contributed by atoms with van der Waals surface area (Å²) in [6.45, 7) is 4.15. The van der Waals surface area contributed by atoms with E-state index >= 15 is 0 Å². The van der Waals surface area contributed by atoms with Crippen molar-refractivity contribution in [3.63, 3.8) is 0 Å². The Bertz CT molecular complexity index is 633. The van der Waals surface area contributed by atoms with E-state index in [9.17, 15) is 4.79 Å². The minimum atomic E-state index is -0.0344. The van der Waals surface area contributed by atoms with Crippen LogP contribution in [0.5, 0.6) is 0 Å². The van der Waals surface area contributed by atoms with Gasteiger partial charge in [-0.15, -0.1) is 11.3 Å². The first-order valence-corrected chi connectivity index (χ1v) is 8.22. The van der Waals surface area contributed by atoms with Gasteiger partial charge in [0.05, 0.1) is 18.9 Å². The van der Waals surface area contributed by atoms with Crippen LogP contribution in [0.3, 0.4) is 0 Å². The Kier molecular flexibility index (Phi) is 4.82. The zero-order valence-corrected chi connectivity index (χ0v) is 13.3. The van der Waals surface area contributed by atoms with E-state index in [2.05, 4.69) is 34.7 Å². The Labute approximate surface area is 133 Å². The summed E-state index contributed by atoms with van der Waals surface area (Å²) in [4.78, 5) is 16.5. The highest BCUT2D eigenvalue weighted by Crippen LogP contribution is 2.25. The van der Waals surface area contributed by atoms with Crippen molar-refractivity contribution < 1.29 is 9.53 Å². The molecule has 2 aromatic rings. The summed E-state index contributed by atoms with van der Waals surface area (Å²) >= 11 is 1.44. The third-order valence-corrected chi connectivity index (χ3v) is 4.29. The number of ether oxygens (including phenoxy) is 1. The summed E-state index contributed by atoms with van der Waals surface area (Å²) in [7, 11) is 0. The third-order valence-electron chi connectivity index (χ3n) is 3.53. The van der Waals surface area contributed by atoms with Crippen molar-refractivity contribution in [1.82, 2.24) is 10.3 Å². The van der Waals surface area contributed by atoms with Crippen molar-refractivity contribution in [3.05, 3.63) is 35.2 Å². The molecule has 1 atom stereocenters. The second-order valence-electron chi connectivity index (χ2n) is 5.38. The maximum atomic E-state index is 12.0. The van der Waals surface area contributed by atoms with Crippen molar-refractivity contribution in [1.29, 1.82) is 0 Å². The number of anilines is 1. The lowest BCUT2D eigenvalue weighted by atomic mass is 10.1. The molecular weight excluding hydrogens is 298 g/mol. The Morgan fingerprint density at radius 1 is 1.45 bits per heavy atom. The molecule has 1 aromatic carbocycles. The number of thiazole rings is 1. The number of nitrogens with zero attached hydrogens (tertiary/aromatic N) is 1. The van der Waals surface area contributed by atoms with Gasteiger partial charge in [-0.05, 0) is 6.92 Å². The highest BCUT2D eigenvalue weighted by Gasteiger charge is 2.17. The first-order valence-electron chi connectivity index (χ1n) is 7.34. The third kappa shape index (κ3) is 3.91. The Balaban J connectivity index is 1.59. The first kappa shape index (κ1) is 15.1. The lowest BCUT2D eigenvalue weighted by molar-refractivity contribution is -0.117. The zero-order chi connectivity index (χ0) is 15.4. The van der Waals surface area contributed by atoms with Crippen molar-refractivity contribution >= 4 is 22.4 Å². The van der Waals surface area contributed by atoms with Crippen molar-refractivity contribution in [2.45, 2.75) is 19.4 Å². The summed E-state index contributed by atoms with van der Waals surface area (Å²) in [5.41, 5.74) is 3.17. The smallest absolute Gasteiger partial charge is 0.227 e. The SMILES string of the molecule is Cc1ccc(-c2csc(NC(=O)CC3COCCN3)n2)cc1. The van der Waals surface area contributed by atoms with Gasteiger partial charge in [-0.3, -0.25) is 4.79 Å². The van der Waals surface area contributed by atoms with Crippen LogP contribution in [0, 0.1) is 6.92 Å². The average Bonchev–Trinajstić information content (AvgIpc) is 2.97. The van der Waals surface area contributed by atoms with Crippen molar-refractivity contribution in [2.75, 3.05) is 25.1 Å². The molecule has 0 spiro atoms. The number of aromatic nitrogens is 1. The molecule has 0 bridgehead atoms. The van der Waals surface area contributed by atoms with Crippen LogP contribution in [0.1, 0.15) is 12.0 Å². The van der Waals surface area contributed by atoms with E-state index in [-0.39, 0.29) is 11.9 Å². The largest absolute Gasteiger partial charge is 0.378 e. The van der Waals surface area contributed by atoms with Crippen LogP contribution < -0.4 is 10.6 Å². The van der Waals surface area contributed by atoms with Crippen molar-refractivity contribution in [2.24, 2.45) is 0 Å². The van der Waals surface area contributed by atoms with Gasteiger partial charge in [0.1, 0.15) is 0 Å². The van der Waals surface area contributed by atoms with Gasteiger partial charge in [-0.2, -0.15) is 0 Å². The fourth-order valence-electron chi connectivity index (χ4n) is 2.33. The summed E-state index contributed by atoms with van der Waals surface area (Å²) < 4.78 is 5.35. The Hall–Kier alpha value is -1.76. The molecule has 22 heavy (non-hydrogen) atoms. The van der Waals surface area contributed by atoms with E-state index in [0.717, 1.165) is 17.8 Å². The summed E-state index contributed by atoms with van der Waals surface area (Å²) in [5.74, 6) is -0.0344. The van der Waals surface area contributed by atoms with Gasteiger partial charge >= 0.3 is 0 Å². The van der Waals surface area contributed by atoms with E-state index in [1.807, 2.05) is 17.5 Å². The Morgan fingerprint density at radius 2 is 2.27 bits per heavy atom. The molecule has 1 fully saturated rings. The van der Waals surface area contributed by atoms with Gasteiger partial charge in [-0.1, -0.05) is 29.8 Å². The fourth-order valence-corrected chi connectivity index (χ4v) is 3.07. The Morgan fingerprint density at radius 3 is 3.00 bits per heavy atom. The van der Waals surface area contributed by atoms with Crippen LogP contribution in [-0.4, -0.2) is 36.7 Å². The minimum absolute atomic E-state index is 0.0344. The van der Waals surface area contributed by atoms with Gasteiger partial charge < -0.3 is 15.4 Å². The number of amides is 1. The van der Waals surface area contributed by atoms with Crippen LogP contribution in [0.25, 0.3) is 11.3 Å². The van der Waals surface area contributed by atoms with Gasteiger partial charge in [-0.25, -0.2) is 4.98 Å². The maximum absolute atomic E-state index is 12.0. The number of nitrogens with one attached hydrogen (secondary N) is 2. The second kappa shape index (κ2) is 7.00. The lowest BCUT2D eigenvalue weighted by Crippen LogP contribution is -2.43. The quantitative estimate of drug-likeness (QED) is 0.909. The predicted octanol–water partition coefficient (Wildman–Crippen LogP) is 2.44. The number of morpholine rings is 1. The molecular formula is C16H19N3O2S. The van der Waals surface area contributed by atoms with Crippen LogP contribution in [0.4, 0.5) is 5.13 Å². The molecule has 0 radical (unpaired) electrons. The molecule has 0 aliphatic carbocycles. The topological polar surface area (TPSA) is 63.2 Å². The van der Waals surface area contributed by atoms with Crippen molar-refractivity contribution in [3.8, 4) is 11.3 Å². The molecule has 116 valence electrons. The molecule has 1 aromatic heterocycles. The number of carbonyl (C=O) groups excluding carboxylic acids is 1. The van der Waals surface area contributed by atoms with E-state index in [0.29, 0.717) is 24.8 Å². The summed E-state index contributed by atoms with van der Waals surface area (Å²) in [6, 6.07) is 8.28. The predicted molar refractivity (Wildman–Crippen MR) is 88.1 cm³/mol. The molecule has 1 aliphatic heterocycles. The molecule has 1 saturated heterocycles. The number of aryl methyl sites for hydroxylation is 1. The molecule has 2 N–H and O–H groups in total. The molecule has 3 rings (SSSR count). The molecule has 1 unspecified atom stereocenters. The molecule has 5 nitrogen and oxygen atoms in total. The molecule has 0 saturated carbocycles. The monoisotopic (exact) mass is 317 g/mol. The molecule has 6 heteroatoms. The zero-order valence-electron chi connectivity index (χ0n) is 12.5. The lowest BCUT2D eigenvalue weighted by Gasteiger charge is -2.22. The molecule has 1 amide bonds. The standard InChI is InChI=1S/C16H19N3O2S/c1-11-2-4-12(5-3-11)14-10-22-16(18-14)19-15(20)8-13-9-21-7-6-17-13/h2-5,10,13,17H,6-9H2,1H3,(H,18,19,20). The number of hydrogen-bond donors (Lipinski definition) is 2. The highest BCUT2D eigenvalue weighted by atomic mass is 32.1. The molecule has 2 heterocycles. The fraction of sp³-hybridized carbons (Fsp3) is 0.375. The minimum Gasteiger partial charge on any atom is -0.378 e. The molecule has 1 aliphatic rings. The van der Waals surface area contributed by atoms with E-state index in [4.69, 9.17) is 4.74 Å². The number of benzene rings is 1. The van der Waals surface area contributed by atoms with Gasteiger partial charge in [0.2, 0.25) is 5.91 Å². The van der Waals surface area contributed by atoms with Gasteiger partial charge in [0, 0.05) is 30.0 Å². The normalized spacial score (nSPS) is 18.1. The van der Waals surface area contributed by atoms with Gasteiger partial charge in [0.15, 0.2) is 5.13 Å². The first-order chi connectivity index (χ1) is 10.7. The van der Waals surface area contributed by atoms with Crippen LogP contribution in [0.15, 0.2) is 29.6 Å². The van der Waals surface area contributed by atoms with E-state index in [1.54, 1.807) is 0 Å².